The lowest BCUT2D eigenvalue weighted by atomic mass is 9.87. The average molecular weight is 399 g/mol. The van der Waals surface area contributed by atoms with Gasteiger partial charge >= 0.3 is 0 Å². The topological polar surface area (TPSA) is 93.8 Å². The first-order valence-corrected chi connectivity index (χ1v) is 9.51. The van der Waals surface area contributed by atoms with Crippen molar-refractivity contribution in [3.05, 3.63) is 78.6 Å². The van der Waals surface area contributed by atoms with Gasteiger partial charge in [-0.15, -0.1) is 10.2 Å². The van der Waals surface area contributed by atoms with Crippen molar-refractivity contribution in [1.82, 2.24) is 20.2 Å². The summed E-state index contributed by atoms with van der Waals surface area (Å²) in [5.41, 5.74) is 4.19. The van der Waals surface area contributed by atoms with E-state index in [0.29, 0.717) is 34.0 Å². The van der Waals surface area contributed by atoms with E-state index in [1.807, 2.05) is 30.3 Å². The van der Waals surface area contributed by atoms with E-state index >= 15 is 0 Å². The molecule has 0 aliphatic carbocycles. The molecule has 0 saturated heterocycles. The number of hydrogen-bond donors (Lipinski definition) is 1. The Bertz CT molecular complexity index is 1160. The summed E-state index contributed by atoms with van der Waals surface area (Å²) in [7, 11) is 0. The van der Waals surface area contributed by atoms with Gasteiger partial charge in [0.25, 0.3) is 5.91 Å². The second kappa shape index (κ2) is 7.87. The quantitative estimate of drug-likeness (QED) is 0.532. The zero-order valence-electron chi connectivity index (χ0n) is 17.0. The van der Waals surface area contributed by atoms with E-state index < -0.39 is 0 Å². The molecular weight excluding hydrogens is 378 g/mol. The maximum atomic E-state index is 13.1. The number of rotatable bonds is 4. The Labute approximate surface area is 174 Å². The van der Waals surface area contributed by atoms with Crippen LogP contribution in [0.15, 0.2) is 71.9 Å². The van der Waals surface area contributed by atoms with E-state index in [-0.39, 0.29) is 11.3 Å². The lowest BCUT2D eigenvalue weighted by Gasteiger charge is -2.19. The minimum atomic E-state index is -0.274. The van der Waals surface area contributed by atoms with Gasteiger partial charge in [-0.2, -0.15) is 0 Å². The lowest BCUT2D eigenvalue weighted by Crippen LogP contribution is -2.15. The molecule has 150 valence electrons. The van der Waals surface area contributed by atoms with Crippen LogP contribution in [0.4, 0.5) is 5.69 Å². The smallest absolute Gasteiger partial charge is 0.257 e. The van der Waals surface area contributed by atoms with Gasteiger partial charge in [0, 0.05) is 29.8 Å². The summed E-state index contributed by atoms with van der Waals surface area (Å²) in [4.78, 5) is 21.6. The molecule has 0 saturated carbocycles. The number of nitrogens with zero attached hydrogens (tertiary/aromatic N) is 4. The monoisotopic (exact) mass is 399 g/mol. The molecule has 7 heteroatoms. The van der Waals surface area contributed by atoms with Gasteiger partial charge in [-0.05, 0) is 41.3 Å². The molecule has 4 aromatic rings. The van der Waals surface area contributed by atoms with Crippen LogP contribution in [-0.4, -0.2) is 26.1 Å². The predicted octanol–water partition coefficient (Wildman–Crippen LogP) is 4.74. The third kappa shape index (κ3) is 3.96. The van der Waals surface area contributed by atoms with Crippen molar-refractivity contribution in [2.45, 2.75) is 26.2 Å². The molecule has 30 heavy (non-hydrogen) atoms. The van der Waals surface area contributed by atoms with Crippen molar-refractivity contribution in [1.29, 1.82) is 0 Å². The van der Waals surface area contributed by atoms with Gasteiger partial charge in [0.1, 0.15) is 0 Å². The Morgan fingerprint density at radius 3 is 2.50 bits per heavy atom. The number of carbonyl (C=O) groups excluding carboxylic acids is 1. The summed E-state index contributed by atoms with van der Waals surface area (Å²) in [5.74, 6) is 0.0581. The Morgan fingerprint density at radius 2 is 1.80 bits per heavy atom. The first kappa shape index (κ1) is 19.4. The van der Waals surface area contributed by atoms with E-state index in [4.69, 9.17) is 4.42 Å². The van der Waals surface area contributed by atoms with Crippen LogP contribution in [0.2, 0.25) is 0 Å². The lowest BCUT2D eigenvalue weighted by molar-refractivity contribution is 0.102. The van der Waals surface area contributed by atoms with Crippen LogP contribution in [0.25, 0.3) is 22.7 Å². The summed E-state index contributed by atoms with van der Waals surface area (Å²) < 4.78 is 5.34. The summed E-state index contributed by atoms with van der Waals surface area (Å²) in [6, 6.07) is 13.2. The second-order valence-electron chi connectivity index (χ2n) is 7.85. The predicted molar refractivity (Wildman–Crippen MR) is 114 cm³/mol. The molecule has 3 heterocycles. The SMILES string of the molecule is CC(C)(C)c1ccc(NC(=O)c2cnccc2-c2ncccc2-c2nnco2)cc1. The molecule has 0 unspecified atom stereocenters. The van der Waals surface area contributed by atoms with Crippen LogP contribution >= 0.6 is 0 Å². The van der Waals surface area contributed by atoms with Gasteiger partial charge < -0.3 is 9.73 Å². The van der Waals surface area contributed by atoms with Crippen LogP contribution in [0, 0.1) is 0 Å². The average Bonchev–Trinajstić information content (AvgIpc) is 3.28. The fourth-order valence-corrected chi connectivity index (χ4v) is 3.12. The van der Waals surface area contributed by atoms with Gasteiger partial charge in [-0.25, -0.2) is 0 Å². The molecule has 1 N–H and O–H groups in total. The summed E-state index contributed by atoms with van der Waals surface area (Å²) in [5, 5.41) is 10.6. The van der Waals surface area contributed by atoms with Crippen LogP contribution < -0.4 is 5.32 Å². The highest BCUT2D eigenvalue weighted by atomic mass is 16.4. The molecule has 0 aliphatic heterocycles. The molecule has 0 fully saturated rings. The number of aromatic nitrogens is 4. The molecule has 7 nitrogen and oxygen atoms in total. The second-order valence-corrected chi connectivity index (χ2v) is 7.85. The Morgan fingerprint density at radius 1 is 1.00 bits per heavy atom. The maximum Gasteiger partial charge on any atom is 0.257 e. The molecule has 0 radical (unpaired) electrons. The highest BCUT2D eigenvalue weighted by molar-refractivity contribution is 6.08. The van der Waals surface area contributed by atoms with E-state index in [9.17, 15) is 4.79 Å². The molecule has 3 aromatic heterocycles. The third-order valence-corrected chi connectivity index (χ3v) is 4.73. The number of benzene rings is 1. The van der Waals surface area contributed by atoms with Gasteiger partial charge in [0.15, 0.2) is 0 Å². The number of pyridine rings is 2. The van der Waals surface area contributed by atoms with Crippen molar-refractivity contribution in [2.75, 3.05) is 5.32 Å². The van der Waals surface area contributed by atoms with Crippen LogP contribution in [0.5, 0.6) is 0 Å². The first-order chi connectivity index (χ1) is 14.4. The maximum absolute atomic E-state index is 13.1. The molecular formula is C23H21N5O2. The number of nitrogens with one attached hydrogen (secondary N) is 1. The van der Waals surface area contributed by atoms with Crippen LogP contribution in [0.1, 0.15) is 36.7 Å². The van der Waals surface area contributed by atoms with Crippen molar-refractivity contribution < 1.29 is 9.21 Å². The van der Waals surface area contributed by atoms with Gasteiger partial charge in [-0.1, -0.05) is 32.9 Å². The van der Waals surface area contributed by atoms with Gasteiger partial charge in [0.2, 0.25) is 12.3 Å². The highest BCUT2D eigenvalue weighted by Gasteiger charge is 2.20. The highest BCUT2D eigenvalue weighted by Crippen LogP contribution is 2.31. The van der Waals surface area contributed by atoms with Crippen LogP contribution in [0.3, 0.4) is 0 Å². The van der Waals surface area contributed by atoms with E-state index in [1.54, 1.807) is 24.5 Å². The summed E-state index contributed by atoms with van der Waals surface area (Å²) in [6.07, 6.45) is 6.06. The molecule has 1 aromatic carbocycles. The van der Waals surface area contributed by atoms with Crippen molar-refractivity contribution in [3.8, 4) is 22.7 Å². The van der Waals surface area contributed by atoms with Crippen LogP contribution in [-0.2, 0) is 5.41 Å². The zero-order chi connectivity index (χ0) is 21.1. The summed E-state index contributed by atoms with van der Waals surface area (Å²) >= 11 is 0. The largest absolute Gasteiger partial charge is 0.423 e. The molecule has 4 rings (SSSR count). The minimum absolute atomic E-state index is 0.0448. The van der Waals surface area contributed by atoms with Gasteiger partial charge in [0.05, 0.1) is 16.8 Å². The Balaban J connectivity index is 1.67. The fourth-order valence-electron chi connectivity index (χ4n) is 3.12. The molecule has 0 aliphatic rings. The first-order valence-electron chi connectivity index (χ1n) is 9.51. The minimum Gasteiger partial charge on any atom is -0.423 e. The zero-order valence-corrected chi connectivity index (χ0v) is 17.0. The van der Waals surface area contributed by atoms with Gasteiger partial charge in [-0.3, -0.25) is 14.8 Å². The molecule has 0 bridgehead atoms. The third-order valence-electron chi connectivity index (χ3n) is 4.73. The Kier molecular flexibility index (Phi) is 5.10. The van der Waals surface area contributed by atoms with Crippen molar-refractivity contribution in [2.24, 2.45) is 0 Å². The fraction of sp³-hybridized carbons (Fsp3) is 0.174. The van der Waals surface area contributed by atoms with Crippen molar-refractivity contribution >= 4 is 11.6 Å². The number of carbonyl (C=O) groups is 1. The number of amides is 1. The molecule has 0 atom stereocenters. The normalized spacial score (nSPS) is 11.3. The Hall–Kier alpha value is -3.87. The molecule has 0 spiro atoms. The van der Waals surface area contributed by atoms with E-state index in [1.165, 1.54) is 18.2 Å². The van der Waals surface area contributed by atoms with E-state index in [0.717, 1.165) is 0 Å². The number of hydrogen-bond acceptors (Lipinski definition) is 6. The summed E-state index contributed by atoms with van der Waals surface area (Å²) in [6.45, 7) is 6.45. The van der Waals surface area contributed by atoms with Crippen molar-refractivity contribution in [3.63, 3.8) is 0 Å². The number of anilines is 1. The molecule has 1 amide bonds. The standard InChI is InChI=1S/C23H21N5O2/c1-23(2,3)15-6-8-16(9-7-15)27-21(29)19-13-24-12-10-17(19)20-18(5-4-11-25-20)22-28-26-14-30-22/h4-14H,1-3H3,(H,27,29). The van der Waals surface area contributed by atoms with E-state index in [2.05, 4.69) is 46.3 Å².